The summed E-state index contributed by atoms with van der Waals surface area (Å²) in [5.74, 6) is 0.325. The Morgan fingerprint density at radius 3 is 2.36 bits per heavy atom. The lowest BCUT2D eigenvalue weighted by atomic mass is 10.2. The number of phenolic OH excluding ortho intramolecular Hbond substituents is 1. The van der Waals surface area contributed by atoms with Gasteiger partial charge in [0.2, 0.25) is 0 Å². The fourth-order valence-electron chi connectivity index (χ4n) is 2.60. The molecule has 3 rings (SSSR count). The van der Waals surface area contributed by atoms with Crippen molar-refractivity contribution in [2.24, 2.45) is 0 Å². The van der Waals surface area contributed by atoms with Gasteiger partial charge in [-0.15, -0.1) is 47.3 Å². The highest BCUT2D eigenvalue weighted by Crippen LogP contribution is 2.48. The molecule has 0 radical (unpaired) electrons. The molecule has 0 amide bonds. The SMILES string of the molecule is BrB(Br)Br.CN(C)CCCN1c2ccccc2Sc2ccc(O)cc21. The number of nitrogens with zero attached hydrogens (tertiary/aromatic N) is 2. The van der Waals surface area contributed by atoms with Crippen LogP contribution in [0.2, 0.25) is 0 Å². The van der Waals surface area contributed by atoms with Gasteiger partial charge in [-0.1, -0.05) is 23.9 Å². The smallest absolute Gasteiger partial charge is 0.369 e. The number of hydrogen-bond donors (Lipinski definition) is 1. The highest BCUT2D eigenvalue weighted by molar-refractivity contribution is 9.69. The Morgan fingerprint density at radius 2 is 1.68 bits per heavy atom. The van der Waals surface area contributed by atoms with E-state index in [1.165, 1.54) is 15.5 Å². The molecule has 0 unspecified atom stereocenters. The predicted octanol–water partition coefficient (Wildman–Crippen LogP) is 6.10. The van der Waals surface area contributed by atoms with E-state index in [0.717, 1.165) is 25.2 Å². The number of para-hydroxylation sites is 1. The normalized spacial score (nSPS) is 12.2. The standard InChI is InChI=1S/C17H20N2OS.BBr3/c1-18(2)10-5-11-19-14-6-3-4-7-16(14)21-17-9-8-13(20)12-15(17)19;2-1(3)4/h3-4,6-9,12,20H,5,10-11H2,1-2H3;. The summed E-state index contributed by atoms with van der Waals surface area (Å²) in [5, 5.41) is 9.82. The van der Waals surface area contributed by atoms with Crippen molar-refractivity contribution in [1.82, 2.24) is 4.90 Å². The van der Waals surface area contributed by atoms with Gasteiger partial charge in [-0.05, 0) is 51.3 Å². The van der Waals surface area contributed by atoms with E-state index in [9.17, 15) is 5.11 Å². The van der Waals surface area contributed by atoms with Crippen LogP contribution in [0.4, 0.5) is 11.4 Å². The third-order valence-corrected chi connectivity index (χ3v) is 4.73. The third-order valence-electron chi connectivity index (χ3n) is 3.60. The summed E-state index contributed by atoms with van der Waals surface area (Å²) < 4.78 is 0.271. The van der Waals surface area contributed by atoms with Gasteiger partial charge in [-0.3, -0.25) is 0 Å². The van der Waals surface area contributed by atoms with E-state index in [2.05, 4.69) is 95.4 Å². The van der Waals surface area contributed by atoms with Crippen molar-refractivity contribution in [3.05, 3.63) is 42.5 Å². The molecule has 0 aromatic heterocycles. The van der Waals surface area contributed by atoms with Crippen molar-refractivity contribution in [2.45, 2.75) is 16.2 Å². The van der Waals surface area contributed by atoms with Crippen molar-refractivity contribution in [2.75, 3.05) is 32.1 Å². The number of benzene rings is 2. The Morgan fingerprint density at radius 1 is 1.04 bits per heavy atom. The molecule has 0 atom stereocenters. The van der Waals surface area contributed by atoms with E-state index in [4.69, 9.17) is 0 Å². The number of rotatable bonds is 4. The minimum atomic E-state index is 0.271. The second-order valence-corrected chi connectivity index (χ2v) is 13.3. The number of phenols is 1. The van der Waals surface area contributed by atoms with Gasteiger partial charge in [0.15, 0.2) is 0 Å². The average molecular weight is 551 g/mol. The van der Waals surface area contributed by atoms with Crippen LogP contribution >= 0.6 is 59.0 Å². The summed E-state index contributed by atoms with van der Waals surface area (Å²) in [5.41, 5.74) is 2.34. The lowest BCUT2D eigenvalue weighted by molar-refractivity contribution is 0.402. The number of hydrogen-bond acceptors (Lipinski definition) is 4. The summed E-state index contributed by atoms with van der Waals surface area (Å²) in [7, 11) is 4.19. The van der Waals surface area contributed by atoms with Crippen molar-refractivity contribution in [1.29, 1.82) is 0 Å². The summed E-state index contributed by atoms with van der Waals surface area (Å²) in [6.45, 7) is 2.01. The molecule has 0 bridgehead atoms. The van der Waals surface area contributed by atoms with E-state index in [0.29, 0.717) is 5.75 Å². The molecule has 2 aromatic carbocycles. The lowest BCUT2D eigenvalue weighted by Crippen LogP contribution is -2.25. The second-order valence-electron chi connectivity index (χ2n) is 5.78. The fourth-order valence-corrected chi connectivity index (χ4v) is 3.68. The summed E-state index contributed by atoms with van der Waals surface area (Å²) >= 11 is 11.1. The summed E-state index contributed by atoms with van der Waals surface area (Å²) in [6.07, 6.45) is 1.08. The molecule has 134 valence electrons. The van der Waals surface area contributed by atoms with Crippen LogP contribution in [0.5, 0.6) is 5.75 Å². The Hall–Kier alpha value is -0.145. The van der Waals surface area contributed by atoms with E-state index in [1.54, 1.807) is 17.8 Å². The van der Waals surface area contributed by atoms with Gasteiger partial charge in [0.25, 0.3) is 0 Å². The van der Waals surface area contributed by atoms with Crippen molar-refractivity contribution in [3.8, 4) is 5.75 Å². The first-order valence-electron chi connectivity index (χ1n) is 7.83. The monoisotopic (exact) mass is 548 g/mol. The van der Waals surface area contributed by atoms with Gasteiger partial charge in [0.05, 0.1) is 11.4 Å². The molecule has 0 aliphatic carbocycles. The average Bonchev–Trinajstić information content (AvgIpc) is 2.54. The maximum Gasteiger partial charge on any atom is 0.369 e. The largest absolute Gasteiger partial charge is 0.508 e. The van der Waals surface area contributed by atoms with E-state index in [-0.39, 0.29) is 3.18 Å². The van der Waals surface area contributed by atoms with Crippen LogP contribution in [0.25, 0.3) is 0 Å². The number of anilines is 2. The molecule has 0 spiro atoms. The zero-order chi connectivity index (χ0) is 18.4. The van der Waals surface area contributed by atoms with Gasteiger partial charge in [-0.25, -0.2) is 0 Å². The Kier molecular flexibility index (Phi) is 8.68. The minimum absolute atomic E-state index is 0.271. The fraction of sp³-hybridized carbons (Fsp3) is 0.294. The first-order chi connectivity index (χ1) is 11.9. The van der Waals surface area contributed by atoms with Crippen molar-refractivity contribution < 1.29 is 5.11 Å². The molecule has 1 aliphatic heterocycles. The van der Waals surface area contributed by atoms with Crippen LogP contribution in [0.1, 0.15) is 6.42 Å². The lowest BCUT2D eigenvalue weighted by Gasteiger charge is -2.33. The zero-order valence-corrected chi connectivity index (χ0v) is 19.7. The molecule has 3 nitrogen and oxygen atoms in total. The summed E-state index contributed by atoms with van der Waals surface area (Å²) in [4.78, 5) is 7.01. The Bertz CT molecular complexity index is 701. The van der Waals surface area contributed by atoms with E-state index < -0.39 is 0 Å². The van der Waals surface area contributed by atoms with Crippen molar-refractivity contribution in [3.63, 3.8) is 0 Å². The van der Waals surface area contributed by atoms with Gasteiger partial charge >= 0.3 is 3.18 Å². The Balaban J connectivity index is 0.000000511. The molecule has 0 fully saturated rings. The highest BCUT2D eigenvalue weighted by Gasteiger charge is 2.23. The molecular formula is C17H20BBr3N2OS. The van der Waals surface area contributed by atoms with Crippen LogP contribution in [0, 0.1) is 0 Å². The third kappa shape index (κ3) is 6.50. The van der Waals surface area contributed by atoms with Gasteiger partial charge in [-0.2, -0.15) is 0 Å². The molecule has 0 saturated heterocycles. The number of fused-ring (bicyclic) bond motifs is 2. The predicted molar refractivity (Wildman–Crippen MR) is 121 cm³/mol. The zero-order valence-electron chi connectivity index (χ0n) is 14.1. The topological polar surface area (TPSA) is 26.7 Å². The van der Waals surface area contributed by atoms with Crippen LogP contribution in [0.3, 0.4) is 0 Å². The highest BCUT2D eigenvalue weighted by atomic mass is 79.9. The molecule has 25 heavy (non-hydrogen) atoms. The maximum absolute atomic E-state index is 9.82. The Labute approximate surface area is 179 Å². The van der Waals surface area contributed by atoms with Crippen LogP contribution < -0.4 is 4.90 Å². The first-order valence-corrected chi connectivity index (χ1v) is 11.4. The van der Waals surface area contributed by atoms with Crippen LogP contribution in [-0.2, 0) is 0 Å². The molecule has 1 heterocycles. The molecule has 1 aliphatic rings. The minimum Gasteiger partial charge on any atom is -0.508 e. The molecule has 1 N–H and O–H groups in total. The van der Waals surface area contributed by atoms with Gasteiger partial charge in [0, 0.05) is 22.4 Å². The summed E-state index contributed by atoms with van der Waals surface area (Å²) in [6, 6.07) is 14.1. The number of halogens is 3. The van der Waals surface area contributed by atoms with Crippen LogP contribution in [-0.4, -0.2) is 40.4 Å². The molecule has 2 aromatic rings. The van der Waals surface area contributed by atoms with Gasteiger partial charge in [0.1, 0.15) is 5.75 Å². The first kappa shape index (κ1) is 21.2. The van der Waals surface area contributed by atoms with E-state index in [1.807, 2.05) is 12.1 Å². The number of aromatic hydroxyl groups is 1. The van der Waals surface area contributed by atoms with E-state index >= 15 is 0 Å². The van der Waals surface area contributed by atoms with Crippen LogP contribution in [0.15, 0.2) is 52.3 Å². The molecule has 0 saturated carbocycles. The molecular weight excluding hydrogens is 531 g/mol. The second kappa shape index (κ2) is 10.3. The van der Waals surface area contributed by atoms with Gasteiger partial charge < -0.3 is 14.9 Å². The quantitative estimate of drug-likeness (QED) is 0.465. The van der Waals surface area contributed by atoms with Crippen molar-refractivity contribution >= 4 is 73.6 Å². The maximum atomic E-state index is 9.82. The molecule has 8 heteroatoms.